The molecule has 0 aliphatic heterocycles. The first-order valence-corrected chi connectivity index (χ1v) is 20.0. The third-order valence-corrected chi connectivity index (χ3v) is 11.1. The second kappa shape index (κ2) is 19.1. The summed E-state index contributed by atoms with van der Waals surface area (Å²) < 4.78 is 55.5. The molecule has 306 valence electrons. The smallest absolute Gasteiger partial charge is 0.462 e. The first-order chi connectivity index (χ1) is 25.6. The number of nitrogens with one attached hydrogen (secondary N) is 1. The molecule has 0 saturated heterocycles. The quantitative estimate of drug-likeness (QED) is 0.0942. The summed E-state index contributed by atoms with van der Waals surface area (Å²) in [6, 6.07) is 5.85. The van der Waals surface area contributed by atoms with Crippen LogP contribution in [0.15, 0.2) is 46.9 Å². The molecule has 1 fully saturated rings. The number of halogens is 1. The molecule has 15 nitrogen and oxygen atoms in total. The average Bonchev–Trinajstić information content (AvgIpc) is 3.78. The number of carboxylic acids is 1. The topological polar surface area (TPSA) is 202 Å². The zero-order chi connectivity index (χ0) is 41.3. The molecule has 0 spiro atoms. The summed E-state index contributed by atoms with van der Waals surface area (Å²) in [5.74, 6) is -3.95. The largest absolute Gasteiger partial charge is 0.480 e. The van der Waals surface area contributed by atoms with Crippen molar-refractivity contribution in [2.45, 2.75) is 106 Å². The molecule has 1 aliphatic rings. The molecule has 0 unspecified atom stereocenters. The highest BCUT2D eigenvalue weighted by atomic mass is 31.2. The Morgan fingerprint density at radius 3 is 2.31 bits per heavy atom. The number of para-hydroxylation sites is 1. The van der Waals surface area contributed by atoms with Crippen molar-refractivity contribution in [2.75, 3.05) is 25.5 Å². The summed E-state index contributed by atoms with van der Waals surface area (Å²) in [7, 11) is -4.55. The van der Waals surface area contributed by atoms with Gasteiger partial charge in [-0.3, -0.25) is 13.9 Å². The number of rotatable bonds is 20. The van der Waals surface area contributed by atoms with Crippen molar-refractivity contribution < 1.29 is 47.0 Å². The number of anilines is 1. The molecular formula is C38H57FN5O10P. The third kappa shape index (κ3) is 12.9. The minimum atomic E-state index is -4.55. The number of carbonyl (C=O) groups is 3. The van der Waals surface area contributed by atoms with Gasteiger partial charge in [0.25, 0.3) is 0 Å². The fourth-order valence-corrected chi connectivity index (χ4v) is 7.83. The lowest BCUT2D eigenvalue weighted by molar-refractivity contribution is -0.149. The lowest BCUT2D eigenvalue weighted by atomic mass is 10.0. The lowest BCUT2D eigenvalue weighted by Gasteiger charge is -2.37. The van der Waals surface area contributed by atoms with Crippen LogP contribution in [0.25, 0.3) is 6.20 Å². The number of alkyl carbamates (subject to hydrolysis) is 1. The minimum Gasteiger partial charge on any atom is -0.480 e. The summed E-state index contributed by atoms with van der Waals surface area (Å²) in [6.45, 7) is 15.3. The highest BCUT2D eigenvalue weighted by Crippen LogP contribution is 2.60. The molecule has 4 N–H and O–H groups in total. The number of benzene rings is 1. The number of aromatic nitrogens is 2. The summed E-state index contributed by atoms with van der Waals surface area (Å²) in [5, 5.41) is 13.1. The molecule has 17 heteroatoms. The molecule has 1 saturated carbocycles. The van der Waals surface area contributed by atoms with Crippen molar-refractivity contribution in [3.8, 4) is 5.75 Å². The van der Waals surface area contributed by atoms with E-state index in [0.717, 1.165) is 10.8 Å². The van der Waals surface area contributed by atoms with Crippen LogP contribution in [-0.4, -0.2) is 74.8 Å². The number of aliphatic carboxylic acids is 1. The van der Waals surface area contributed by atoms with Gasteiger partial charge in [0.2, 0.25) is 0 Å². The van der Waals surface area contributed by atoms with Crippen LogP contribution in [0.1, 0.15) is 88.0 Å². The van der Waals surface area contributed by atoms with Crippen LogP contribution in [0.5, 0.6) is 5.75 Å². The summed E-state index contributed by atoms with van der Waals surface area (Å²) >= 11 is 0. The van der Waals surface area contributed by atoms with E-state index in [2.05, 4.69) is 10.3 Å². The van der Waals surface area contributed by atoms with Crippen LogP contribution in [0.2, 0.25) is 0 Å². The van der Waals surface area contributed by atoms with E-state index >= 15 is 4.57 Å². The van der Waals surface area contributed by atoms with E-state index in [1.807, 2.05) is 27.7 Å². The van der Waals surface area contributed by atoms with Gasteiger partial charge in [0.1, 0.15) is 30.0 Å². The number of carbonyl (C=O) groups excluding carboxylic acids is 2. The molecule has 0 radical (unpaired) electrons. The van der Waals surface area contributed by atoms with Gasteiger partial charge in [-0.25, -0.2) is 23.3 Å². The fraction of sp³-hybridized carbons (Fsp3) is 0.605. The summed E-state index contributed by atoms with van der Waals surface area (Å²) in [6.07, 6.45) is 2.92. The van der Waals surface area contributed by atoms with Crippen LogP contribution in [0.4, 0.5) is 15.0 Å². The number of carboxylic acid groups (broad SMARTS) is 1. The highest BCUT2D eigenvalue weighted by molar-refractivity contribution is 7.51. The Labute approximate surface area is 322 Å². The third-order valence-electron chi connectivity index (χ3n) is 9.12. The van der Waals surface area contributed by atoms with E-state index in [1.165, 1.54) is 10.9 Å². The predicted molar refractivity (Wildman–Crippen MR) is 205 cm³/mol. The van der Waals surface area contributed by atoms with Crippen molar-refractivity contribution in [3.05, 3.63) is 58.4 Å². The SMILES string of the molecule is CCC(CC)CN([C@@H](CC(C)C)C(=O)O)[P@](=O)(OC[C@@]1(COC(=O)[C@@H](NC(=O)OC(C)(C)C)C(C)C)C/C1=C/n1cc(F)c(N)nc1=O)Oc1ccccc1. The molecule has 2 aromatic rings. The van der Waals surface area contributed by atoms with Crippen molar-refractivity contribution in [2.24, 2.45) is 23.2 Å². The Morgan fingerprint density at radius 2 is 1.76 bits per heavy atom. The first-order valence-electron chi connectivity index (χ1n) is 18.5. The first kappa shape index (κ1) is 45.1. The van der Waals surface area contributed by atoms with Gasteiger partial charge in [-0.2, -0.15) is 9.65 Å². The van der Waals surface area contributed by atoms with E-state index in [4.69, 9.17) is 24.3 Å². The van der Waals surface area contributed by atoms with Crippen LogP contribution >= 0.6 is 7.75 Å². The van der Waals surface area contributed by atoms with Crippen LogP contribution in [-0.2, 0) is 28.2 Å². The molecule has 4 atom stereocenters. The van der Waals surface area contributed by atoms with Gasteiger partial charge in [0.15, 0.2) is 11.6 Å². The zero-order valence-electron chi connectivity index (χ0n) is 33.2. The van der Waals surface area contributed by atoms with Crippen molar-refractivity contribution >= 4 is 37.8 Å². The van der Waals surface area contributed by atoms with Gasteiger partial charge in [-0.05, 0) is 69.1 Å². The maximum Gasteiger partial charge on any atom is 0.462 e. The van der Waals surface area contributed by atoms with E-state index in [9.17, 15) is 28.7 Å². The fourth-order valence-electron chi connectivity index (χ4n) is 5.76. The van der Waals surface area contributed by atoms with Gasteiger partial charge < -0.3 is 30.2 Å². The predicted octanol–water partition coefficient (Wildman–Crippen LogP) is 6.73. The maximum atomic E-state index is 15.3. The second-order valence-electron chi connectivity index (χ2n) is 15.7. The average molecular weight is 794 g/mol. The van der Waals surface area contributed by atoms with E-state index in [1.54, 1.807) is 65.0 Å². The van der Waals surface area contributed by atoms with Crippen LogP contribution < -0.4 is 21.3 Å². The summed E-state index contributed by atoms with van der Waals surface area (Å²) in [5.41, 5.74) is 2.97. The van der Waals surface area contributed by atoms with Gasteiger partial charge in [0.05, 0.1) is 18.2 Å². The molecule has 1 aliphatic carbocycles. The Kier molecular flexibility index (Phi) is 15.6. The molecule has 1 aromatic heterocycles. The molecule has 55 heavy (non-hydrogen) atoms. The Hall–Kier alpha value is -4.27. The zero-order valence-corrected chi connectivity index (χ0v) is 34.1. The van der Waals surface area contributed by atoms with E-state index < -0.39 is 78.7 Å². The molecule has 1 amide bonds. The van der Waals surface area contributed by atoms with Gasteiger partial charge >= 0.3 is 31.5 Å². The number of amides is 1. The molecule has 3 rings (SSSR count). The molecule has 0 bridgehead atoms. The van der Waals surface area contributed by atoms with E-state index in [0.29, 0.717) is 18.4 Å². The number of nitrogens with two attached hydrogens (primary N) is 1. The molecular weight excluding hydrogens is 736 g/mol. The maximum absolute atomic E-state index is 15.3. The number of hydrogen-bond acceptors (Lipinski definition) is 11. The molecule has 1 aromatic carbocycles. The van der Waals surface area contributed by atoms with Gasteiger partial charge in [0, 0.05) is 12.7 Å². The number of nitrogens with zero attached hydrogens (tertiary/aromatic N) is 3. The second-order valence-corrected chi connectivity index (χ2v) is 17.6. The van der Waals surface area contributed by atoms with Crippen molar-refractivity contribution in [1.29, 1.82) is 0 Å². The van der Waals surface area contributed by atoms with Gasteiger partial charge in [-0.1, -0.05) is 72.6 Å². The van der Waals surface area contributed by atoms with E-state index in [-0.39, 0.29) is 43.6 Å². The monoisotopic (exact) mass is 793 g/mol. The summed E-state index contributed by atoms with van der Waals surface area (Å²) in [4.78, 5) is 55.2. The normalized spacial score (nSPS) is 18.6. The number of hydrogen-bond donors (Lipinski definition) is 3. The van der Waals surface area contributed by atoms with Crippen molar-refractivity contribution in [3.63, 3.8) is 0 Å². The van der Waals surface area contributed by atoms with Crippen LogP contribution in [0, 0.1) is 29.0 Å². The Balaban J connectivity index is 2.09. The Morgan fingerprint density at radius 1 is 1.13 bits per heavy atom. The van der Waals surface area contributed by atoms with Crippen molar-refractivity contribution in [1.82, 2.24) is 19.5 Å². The number of ether oxygens (including phenoxy) is 2. The standard InChI is InChI=1S/C38H57FN5O10P/c1-10-26(11-2)19-44(30(33(45)46)17-24(3)4)55(50,54-28-15-13-12-14-16-28)52-23-38(18-27(38)20-43-21-29(39)32(40)42-35(43)48)22-51-34(47)31(25(5)6)41-36(49)53-37(7,8)9/h12-16,20-21,24-26,30-31H,10-11,17-19,22-23H2,1-9H3,(H,41,49)(H,45,46)(H2,40,42,48)/b27-20-/t30-,31-,38-,55-/m0/s1. The minimum absolute atomic E-state index is 0.0677. The van der Waals surface area contributed by atoms with Gasteiger partial charge in [-0.15, -0.1) is 0 Å². The number of nitrogen functional groups attached to an aromatic ring is 1. The lowest BCUT2D eigenvalue weighted by Crippen LogP contribution is -2.47. The number of esters is 1. The highest BCUT2D eigenvalue weighted by Gasteiger charge is 2.54. The van der Waals surface area contributed by atoms with Crippen LogP contribution in [0.3, 0.4) is 0 Å². The molecule has 1 heterocycles. The Bertz CT molecular complexity index is 1780.